The van der Waals surface area contributed by atoms with Crippen LogP contribution in [-0.4, -0.2) is 27.5 Å². The van der Waals surface area contributed by atoms with Crippen LogP contribution in [0.2, 0.25) is 0 Å². The zero-order chi connectivity index (χ0) is 15.2. The Labute approximate surface area is 122 Å². The zero-order valence-corrected chi connectivity index (χ0v) is 13.4. The number of hydrogen-bond donors (Lipinski definition) is 2. The van der Waals surface area contributed by atoms with Gasteiger partial charge in [-0.25, -0.2) is 4.98 Å². The maximum atomic E-state index is 11.9. The molecule has 0 aliphatic heterocycles. The summed E-state index contributed by atoms with van der Waals surface area (Å²) in [5, 5.41) is 6.36. The number of nitrogens with one attached hydrogen (secondary N) is 2. The van der Waals surface area contributed by atoms with E-state index in [1.165, 1.54) is 0 Å². The van der Waals surface area contributed by atoms with Gasteiger partial charge in [0.05, 0.1) is 12.0 Å². The van der Waals surface area contributed by atoms with Crippen molar-refractivity contribution >= 4 is 5.91 Å². The number of carbonyl (C=O) groups excluding carboxylic acids is 1. The molecule has 0 saturated heterocycles. The minimum Gasteiger partial charge on any atom is -0.350 e. The van der Waals surface area contributed by atoms with E-state index in [1.807, 2.05) is 24.6 Å². The monoisotopic (exact) mass is 280 g/mol. The Morgan fingerprint density at radius 3 is 2.75 bits per heavy atom. The summed E-state index contributed by atoms with van der Waals surface area (Å²) < 4.78 is 1.83. The van der Waals surface area contributed by atoms with Gasteiger partial charge < -0.3 is 15.2 Å². The molecule has 0 atom stereocenters. The Balaban J connectivity index is 2.41. The molecule has 0 bridgehead atoms. The van der Waals surface area contributed by atoms with E-state index in [1.54, 1.807) is 6.33 Å². The smallest absolute Gasteiger partial charge is 0.240 e. The number of rotatable bonds is 8. The first-order chi connectivity index (χ1) is 9.32. The van der Waals surface area contributed by atoms with Gasteiger partial charge in [-0.3, -0.25) is 4.79 Å². The summed E-state index contributed by atoms with van der Waals surface area (Å²) >= 11 is 0. The third kappa shape index (κ3) is 6.19. The summed E-state index contributed by atoms with van der Waals surface area (Å²) in [6.45, 7) is 12.5. The molecule has 1 aromatic heterocycles. The van der Waals surface area contributed by atoms with Gasteiger partial charge in [-0.15, -0.1) is 0 Å². The molecule has 0 saturated carbocycles. The second-order valence-corrected chi connectivity index (χ2v) is 6.35. The van der Waals surface area contributed by atoms with Gasteiger partial charge in [-0.05, 0) is 32.7 Å². The van der Waals surface area contributed by atoms with E-state index in [0.717, 1.165) is 25.2 Å². The van der Waals surface area contributed by atoms with Crippen LogP contribution >= 0.6 is 0 Å². The maximum absolute atomic E-state index is 11.9. The van der Waals surface area contributed by atoms with Crippen LogP contribution in [0.5, 0.6) is 0 Å². The quantitative estimate of drug-likeness (QED) is 0.765. The number of carbonyl (C=O) groups is 1. The number of nitrogens with zero attached hydrogens (tertiary/aromatic N) is 2. The molecule has 0 radical (unpaired) electrons. The number of imidazole rings is 1. The summed E-state index contributed by atoms with van der Waals surface area (Å²) in [6.07, 6.45) is 4.55. The van der Waals surface area contributed by atoms with Crippen molar-refractivity contribution < 1.29 is 4.79 Å². The maximum Gasteiger partial charge on any atom is 0.240 e. The van der Waals surface area contributed by atoms with Gasteiger partial charge >= 0.3 is 0 Å². The van der Waals surface area contributed by atoms with Gasteiger partial charge in [0.1, 0.15) is 6.54 Å². The lowest BCUT2D eigenvalue weighted by Crippen LogP contribution is -2.44. The van der Waals surface area contributed by atoms with Gasteiger partial charge in [-0.2, -0.15) is 0 Å². The summed E-state index contributed by atoms with van der Waals surface area (Å²) in [5.74, 6) is 0.648. The third-order valence-corrected chi connectivity index (χ3v) is 3.23. The molecule has 0 aromatic carbocycles. The van der Waals surface area contributed by atoms with Crippen LogP contribution < -0.4 is 10.6 Å². The van der Waals surface area contributed by atoms with Crippen LogP contribution in [-0.2, 0) is 17.9 Å². The molecule has 114 valence electrons. The first kappa shape index (κ1) is 16.7. The molecular weight excluding hydrogens is 252 g/mol. The average molecular weight is 280 g/mol. The van der Waals surface area contributed by atoms with Gasteiger partial charge in [0.2, 0.25) is 5.91 Å². The third-order valence-electron chi connectivity index (χ3n) is 3.23. The van der Waals surface area contributed by atoms with Crippen LogP contribution in [0.1, 0.15) is 46.7 Å². The first-order valence-electron chi connectivity index (χ1n) is 7.35. The van der Waals surface area contributed by atoms with Gasteiger partial charge in [-0.1, -0.05) is 20.8 Å². The van der Waals surface area contributed by atoms with Crippen molar-refractivity contribution in [2.24, 2.45) is 5.92 Å². The van der Waals surface area contributed by atoms with Crippen molar-refractivity contribution in [1.29, 1.82) is 0 Å². The second kappa shape index (κ2) is 7.43. The fourth-order valence-corrected chi connectivity index (χ4v) is 1.74. The lowest BCUT2D eigenvalue weighted by molar-refractivity contribution is -0.123. The molecule has 5 heteroatoms. The van der Waals surface area contributed by atoms with E-state index < -0.39 is 0 Å². The van der Waals surface area contributed by atoms with Crippen molar-refractivity contribution in [2.45, 2.75) is 59.7 Å². The highest BCUT2D eigenvalue weighted by atomic mass is 16.2. The van der Waals surface area contributed by atoms with Crippen LogP contribution in [0.25, 0.3) is 0 Å². The molecule has 1 heterocycles. The van der Waals surface area contributed by atoms with Crippen molar-refractivity contribution in [1.82, 2.24) is 20.2 Å². The summed E-state index contributed by atoms with van der Waals surface area (Å²) in [5.41, 5.74) is 0.812. The molecule has 0 spiro atoms. The number of aromatic nitrogens is 2. The standard InChI is InChI=1S/C15H28N4O/c1-6-15(4,5)18-14(20)10-19-9-13(17-11-19)8-16-7-12(2)3/h9,11-12,16H,6-8,10H2,1-5H3,(H,18,20). The summed E-state index contributed by atoms with van der Waals surface area (Å²) in [6, 6.07) is 0. The molecule has 2 N–H and O–H groups in total. The van der Waals surface area contributed by atoms with E-state index >= 15 is 0 Å². The van der Waals surface area contributed by atoms with Crippen LogP contribution in [0, 0.1) is 5.92 Å². The van der Waals surface area contributed by atoms with E-state index in [4.69, 9.17) is 0 Å². The van der Waals surface area contributed by atoms with Crippen LogP contribution in [0.4, 0.5) is 0 Å². The Morgan fingerprint density at radius 1 is 1.45 bits per heavy atom. The summed E-state index contributed by atoms with van der Waals surface area (Å²) in [7, 11) is 0. The molecule has 1 amide bonds. The molecule has 0 aliphatic rings. The highest BCUT2D eigenvalue weighted by Crippen LogP contribution is 2.06. The average Bonchev–Trinajstić information content (AvgIpc) is 2.75. The van der Waals surface area contributed by atoms with Crippen LogP contribution in [0.3, 0.4) is 0 Å². The minimum absolute atomic E-state index is 0.0240. The zero-order valence-electron chi connectivity index (χ0n) is 13.4. The highest BCUT2D eigenvalue weighted by Gasteiger charge is 2.17. The lowest BCUT2D eigenvalue weighted by Gasteiger charge is -2.24. The van der Waals surface area contributed by atoms with Crippen molar-refractivity contribution in [3.63, 3.8) is 0 Å². The molecule has 0 aliphatic carbocycles. The van der Waals surface area contributed by atoms with E-state index in [-0.39, 0.29) is 11.4 Å². The molecule has 0 fully saturated rings. The minimum atomic E-state index is -0.153. The fraction of sp³-hybridized carbons (Fsp3) is 0.733. The normalized spacial score (nSPS) is 11.9. The second-order valence-electron chi connectivity index (χ2n) is 6.35. The number of amides is 1. The summed E-state index contributed by atoms with van der Waals surface area (Å²) in [4.78, 5) is 16.2. The van der Waals surface area contributed by atoms with Crippen molar-refractivity contribution in [2.75, 3.05) is 6.54 Å². The van der Waals surface area contributed by atoms with Crippen LogP contribution in [0.15, 0.2) is 12.5 Å². The van der Waals surface area contributed by atoms with Crippen molar-refractivity contribution in [3.8, 4) is 0 Å². The van der Waals surface area contributed by atoms with Gasteiger partial charge in [0.25, 0.3) is 0 Å². The van der Waals surface area contributed by atoms with Gasteiger partial charge in [0, 0.05) is 18.3 Å². The topological polar surface area (TPSA) is 59.0 Å². The van der Waals surface area contributed by atoms with E-state index in [2.05, 4.69) is 36.4 Å². The van der Waals surface area contributed by atoms with E-state index in [9.17, 15) is 4.79 Å². The lowest BCUT2D eigenvalue weighted by atomic mass is 10.0. The largest absolute Gasteiger partial charge is 0.350 e. The molecule has 1 rings (SSSR count). The fourth-order valence-electron chi connectivity index (χ4n) is 1.74. The SMILES string of the molecule is CCC(C)(C)NC(=O)Cn1cnc(CNCC(C)C)c1. The Hall–Kier alpha value is -1.36. The molecular formula is C15H28N4O. The number of hydrogen-bond acceptors (Lipinski definition) is 3. The Bertz CT molecular complexity index is 423. The van der Waals surface area contributed by atoms with Gasteiger partial charge in [0.15, 0.2) is 0 Å². The molecule has 1 aromatic rings. The first-order valence-corrected chi connectivity index (χ1v) is 7.35. The molecule has 0 unspecified atom stereocenters. The molecule has 5 nitrogen and oxygen atoms in total. The Morgan fingerprint density at radius 2 is 2.15 bits per heavy atom. The van der Waals surface area contributed by atoms with E-state index in [0.29, 0.717) is 12.5 Å². The highest BCUT2D eigenvalue weighted by molar-refractivity contribution is 5.76. The Kier molecular flexibility index (Phi) is 6.20. The predicted octanol–water partition coefficient (Wildman–Crippen LogP) is 1.93. The van der Waals surface area contributed by atoms with Crippen molar-refractivity contribution in [3.05, 3.63) is 18.2 Å². The molecule has 20 heavy (non-hydrogen) atoms. The predicted molar refractivity (Wildman–Crippen MR) is 81.3 cm³/mol.